The van der Waals surface area contributed by atoms with E-state index in [1.165, 1.54) is 5.01 Å². The molecule has 5 rings (SSSR count). The van der Waals surface area contributed by atoms with Gasteiger partial charge in [-0.15, -0.1) is 35.0 Å². The molecule has 2 aromatic heterocycles. The number of rotatable bonds is 11. The Morgan fingerprint density at radius 3 is 1.87 bits per heavy atom. The summed E-state index contributed by atoms with van der Waals surface area (Å²) >= 11 is 3.55. The Hall–Kier alpha value is -2.86. The van der Waals surface area contributed by atoms with E-state index in [0.29, 0.717) is 27.9 Å². The molecule has 0 saturated carbocycles. The van der Waals surface area contributed by atoms with Gasteiger partial charge in [-0.1, -0.05) is 65.2 Å². The topological polar surface area (TPSA) is 102 Å². The summed E-state index contributed by atoms with van der Waals surface area (Å²) in [5.74, 6) is -0.754. The Labute approximate surface area is 247 Å². The minimum Gasteiger partial charge on any atom is -0.267 e. The number of halogens is 3. The monoisotopic (exact) mass is 636 g/mol. The van der Waals surface area contributed by atoms with E-state index >= 15 is 0 Å². The third-order valence-electron chi connectivity index (χ3n) is 6.46. The molecule has 13 heteroatoms. The van der Waals surface area contributed by atoms with Gasteiger partial charge in [0.05, 0.1) is 35.6 Å². The number of aryl methyl sites for hydroxylation is 2. The number of imide groups is 1. The van der Waals surface area contributed by atoms with E-state index in [-0.39, 0.29) is 49.7 Å². The van der Waals surface area contributed by atoms with Gasteiger partial charge >= 0.3 is 0 Å². The number of benzene rings is 2. The van der Waals surface area contributed by atoms with Crippen LogP contribution >= 0.6 is 40.7 Å². The van der Waals surface area contributed by atoms with Gasteiger partial charge in [-0.2, -0.15) is 5.01 Å². The van der Waals surface area contributed by atoms with Gasteiger partial charge in [0.2, 0.25) is 0 Å². The molecule has 0 bridgehead atoms. The fourth-order valence-electron chi connectivity index (χ4n) is 4.56. The van der Waals surface area contributed by atoms with E-state index in [2.05, 4.69) is 50.4 Å². The first-order valence-electron chi connectivity index (χ1n) is 12.6. The van der Waals surface area contributed by atoms with Crippen LogP contribution in [0.25, 0.3) is 10.8 Å². The van der Waals surface area contributed by atoms with Crippen LogP contribution in [0.4, 0.5) is 0 Å². The largest absolute Gasteiger partial charge is 0.276 e. The fraction of sp³-hybridized carbons (Fsp3) is 0.385. The zero-order chi connectivity index (χ0) is 25.9. The van der Waals surface area contributed by atoms with Gasteiger partial charge in [-0.3, -0.25) is 19.0 Å². The summed E-state index contributed by atoms with van der Waals surface area (Å²) < 4.78 is 4.43. The van der Waals surface area contributed by atoms with E-state index in [1.54, 1.807) is 26.5 Å². The Balaban J connectivity index is 0.00000210. The van der Waals surface area contributed by atoms with Crippen LogP contribution in [0.3, 0.4) is 0 Å². The number of unbranched alkanes of at least 4 members (excludes halogenated alkanes) is 2. The second kappa shape index (κ2) is 13.5. The Morgan fingerprint density at radius 2 is 1.33 bits per heavy atom. The van der Waals surface area contributed by atoms with Crippen LogP contribution in [-0.2, 0) is 26.2 Å². The summed E-state index contributed by atoms with van der Waals surface area (Å²) in [7, 11) is 0. The minimum atomic E-state index is -0.377. The van der Waals surface area contributed by atoms with Gasteiger partial charge in [0.15, 0.2) is 0 Å². The van der Waals surface area contributed by atoms with Crippen molar-refractivity contribution >= 4 is 63.3 Å². The molecule has 0 radical (unpaired) electrons. The molecule has 0 fully saturated rings. The van der Waals surface area contributed by atoms with Crippen molar-refractivity contribution in [2.75, 3.05) is 0 Å². The van der Waals surface area contributed by atoms with Gasteiger partial charge in [0.25, 0.3) is 11.8 Å². The molecular formula is C26H31BrCl2N8O2. The number of aromatic nitrogens is 6. The van der Waals surface area contributed by atoms with Crippen LogP contribution in [0.15, 0.2) is 47.2 Å². The van der Waals surface area contributed by atoms with Gasteiger partial charge in [-0.25, -0.2) is 5.01 Å². The zero-order valence-electron chi connectivity index (χ0n) is 21.8. The van der Waals surface area contributed by atoms with Crippen molar-refractivity contribution in [1.82, 2.24) is 40.0 Å². The Bertz CT molecular complexity index is 1390. The summed E-state index contributed by atoms with van der Waals surface area (Å²) in [6.45, 7) is 6.21. The molecule has 10 nitrogen and oxygen atoms in total. The molecule has 4 aromatic rings. The van der Waals surface area contributed by atoms with E-state index in [9.17, 15) is 9.59 Å². The number of hydrazine groups is 1. The third kappa shape index (κ3) is 6.32. The molecule has 1 aliphatic rings. The van der Waals surface area contributed by atoms with Crippen molar-refractivity contribution in [2.24, 2.45) is 0 Å². The summed E-state index contributed by atoms with van der Waals surface area (Å²) in [4.78, 5) is 27.6. The van der Waals surface area contributed by atoms with Gasteiger partial charge < -0.3 is 0 Å². The average molecular weight is 638 g/mol. The molecular weight excluding hydrogens is 607 g/mol. The molecule has 39 heavy (non-hydrogen) atoms. The lowest BCUT2D eigenvalue weighted by molar-refractivity contribution is -0.0130. The molecule has 0 aliphatic carbocycles. The van der Waals surface area contributed by atoms with Crippen LogP contribution < -0.4 is 0 Å². The smallest absolute Gasteiger partial charge is 0.267 e. The van der Waals surface area contributed by atoms with Crippen LogP contribution in [0, 0.1) is 0 Å². The van der Waals surface area contributed by atoms with Crippen molar-refractivity contribution in [2.45, 2.75) is 65.7 Å². The second-order valence-corrected chi connectivity index (χ2v) is 10.1. The Morgan fingerprint density at radius 1 is 0.795 bits per heavy atom. The lowest BCUT2D eigenvalue weighted by atomic mass is 9.95. The highest BCUT2D eigenvalue weighted by molar-refractivity contribution is 9.10. The van der Waals surface area contributed by atoms with Gasteiger partial charge in [-0.05, 0) is 36.4 Å². The SMILES string of the molecule is CCCCn1cc(CN(Cc2cn(CCCC)nn2)N2C(=O)c3cccc4c(Br)ccc(c34)C2=O)nn1.Cl.Cl. The van der Waals surface area contributed by atoms with Crippen LogP contribution in [0.5, 0.6) is 0 Å². The van der Waals surface area contributed by atoms with Crippen LogP contribution in [0.1, 0.15) is 71.6 Å². The molecule has 3 heterocycles. The van der Waals surface area contributed by atoms with Crippen molar-refractivity contribution in [3.05, 3.63) is 69.7 Å². The van der Waals surface area contributed by atoms with E-state index in [1.807, 2.05) is 30.6 Å². The summed E-state index contributed by atoms with van der Waals surface area (Å²) in [5.41, 5.74) is 2.29. The first kappa shape index (κ1) is 30.7. The van der Waals surface area contributed by atoms with E-state index < -0.39 is 0 Å². The lowest BCUT2D eigenvalue weighted by Crippen LogP contribution is -2.51. The van der Waals surface area contributed by atoms with Gasteiger partial charge in [0, 0.05) is 35.3 Å². The molecule has 1 aliphatic heterocycles. The molecule has 0 saturated heterocycles. The number of carbonyl (C=O) groups excluding carboxylic acids is 2. The van der Waals surface area contributed by atoms with E-state index in [0.717, 1.165) is 48.6 Å². The predicted octanol–water partition coefficient (Wildman–Crippen LogP) is 5.44. The van der Waals surface area contributed by atoms with E-state index in [4.69, 9.17) is 0 Å². The number of carbonyl (C=O) groups is 2. The van der Waals surface area contributed by atoms with Crippen LogP contribution in [0.2, 0.25) is 0 Å². The maximum absolute atomic E-state index is 13.8. The second-order valence-electron chi connectivity index (χ2n) is 9.22. The molecule has 208 valence electrons. The maximum atomic E-state index is 13.8. The predicted molar refractivity (Wildman–Crippen MR) is 156 cm³/mol. The normalized spacial score (nSPS) is 12.7. The minimum absolute atomic E-state index is 0. The fourth-order valence-corrected chi connectivity index (χ4v) is 5.02. The summed E-state index contributed by atoms with van der Waals surface area (Å²) in [5, 5.41) is 21.5. The quantitative estimate of drug-likeness (QED) is 0.202. The van der Waals surface area contributed by atoms with Gasteiger partial charge in [0.1, 0.15) is 0 Å². The summed E-state index contributed by atoms with van der Waals surface area (Å²) in [6, 6.07) is 9.11. The molecule has 2 aromatic carbocycles. The first-order chi connectivity index (χ1) is 18.0. The van der Waals surface area contributed by atoms with Crippen molar-refractivity contribution in [1.29, 1.82) is 0 Å². The number of nitrogens with zero attached hydrogens (tertiary/aromatic N) is 8. The number of amides is 2. The van der Waals surface area contributed by atoms with Crippen molar-refractivity contribution in [3.63, 3.8) is 0 Å². The standard InChI is InChI=1S/C26H29BrN8O2.2ClH/c1-3-5-12-32-14-18(28-30-32)16-34(17-19-15-33(31-29-19)13-6-4-2)35-25(36)21-9-7-8-20-23(27)11-10-22(24(20)21)26(35)37;;/h7-11,14-15H,3-6,12-13,16-17H2,1-2H3;2*1H. The molecule has 2 amide bonds. The molecule has 0 spiro atoms. The van der Waals surface area contributed by atoms with Crippen LogP contribution in [-0.4, -0.2) is 51.8 Å². The molecule has 0 N–H and O–H groups in total. The molecule has 0 atom stereocenters. The number of hydrogen-bond donors (Lipinski definition) is 0. The lowest BCUT2D eigenvalue weighted by Gasteiger charge is -2.35. The summed E-state index contributed by atoms with van der Waals surface area (Å²) in [6.07, 6.45) is 7.82. The highest BCUT2D eigenvalue weighted by Gasteiger charge is 2.37. The highest BCUT2D eigenvalue weighted by atomic mass is 79.9. The third-order valence-corrected chi connectivity index (χ3v) is 7.15. The number of hydrogen-bond acceptors (Lipinski definition) is 7. The van der Waals surface area contributed by atoms with Crippen molar-refractivity contribution in [3.8, 4) is 0 Å². The zero-order valence-corrected chi connectivity index (χ0v) is 25.0. The Kier molecular flexibility index (Phi) is 10.6. The molecule has 0 unspecified atom stereocenters. The van der Waals surface area contributed by atoms with Crippen molar-refractivity contribution < 1.29 is 9.59 Å². The first-order valence-corrected chi connectivity index (χ1v) is 13.4. The highest BCUT2D eigenvalue weighted by Crippen LogP contribution is 2.35. The average Bonchev–Trinajstić information content (AvgIpc) is 3.54. The maximum Gasteiger partial charge on any atom is 0.276 e.